The summed E-state index contributed by atoms with van der Waals surface area (Å²) in [5.74, 6) is 0.0773. The van der Waals surface area contributed by atoms with Crippen LogP contribution in [0.25, 0.3) is 0 Å². The second kappa shape index (κ2) is 8.03. The third kappa shape index (κ3) is 3.76. The Kier molecular flexibility index (Phi) is 7.03. The number of carboxylic acid groups (broad SMARTS) is 1. The average Bonchev–Trinajstić information content (AvgIpc) is 2.71. The van der Waals surface area contributed by atoms with Gasteiger partial charge >= 0.3 is 5.97 Å². The number of carbonyl (C=O) groups is 1. The number of carboxylic acids is 1. The highest BCUT2D eigenvalue weighted by Gasteiger charge is 2.54. The Bertz CT molecular complexity index is 313. The molecule has 0 amide bonds. The van der Waals surface area contributed by atoms with E-state index in [9.17, 15) is 9.90 Å². The molecule has 0 aliphatic heterocycles. The number of hydrogen-bond acceptors (Lipinski definition) is 3. The Hall–Kier alpha value is -0.545. The van der Waals surface area contributed by atoms with Gasteiger partial charge < -0.3 is 15.9 Å². The van der Waals surface area contributed by atoms with Crippen LogP contribution in [0.1, 0.15) is 58.8 Å². The molecule has 1 saturated carbocycles. The first kappa shape index (κ1) is 17.5. The molecule has 0 aromatic heterocycles. The molecule has 0 radical (unpaired) electrons. The Labute approximate surface area is 123 Å². The molecule has 20 heavy (non-hydrogen) atoms. The lowest BCUT2D eigenvalue weighted by atomic mass is 9.76. The number of unbranched alkanes of at least 4 members (excludes halogenated alkanes) is 1. The van der Waals surface area contributed by atoms with Gasteiger partial charge in [0.05, 0.1) is 0 Å². The van der Waals surface area contributed by atoms with Gasteiger partial charge in [-0.2, -0.15) is 0 Å². The fourth-order valence-corrected chi connectivity index (χ4v) is 3.96. The number of rotatable bonds is 9. The van der Waals surface area contributed by atoms with E-state index in [1.165, 1.54) is 0 Å². The maximum Gasteiger partial charge on any atom is 0.323 e. The highest BCUT2D eigenvalue weighted by Crippen LogP contribution is 2.49. The molecule has 0 saturated heterocycles. The third-order valence-corrected chi connectivity index (χ3v) is 5.12. The SMILES string of the molecule is CCCCC1C(CC)CC(N)(C(=O)O)C1CCCBO. The molecule has 1 aliphatic rings. The monoisotopic (exact) mass is 283 g/mol. The molecule has 1 rings (SSSR count). The van der Waals surface area contributed by atoms with Gasteiger partial charge in [-0.15, -0.1) is 0 Å². The van der Waals surface area contributed by atoms with Crippen LogP contribution in [0.2, 0.25) is 6.32 Å². The molecular formula is C15H30BNO3. The zero-order chi connectivity index (χ0) is 15.2. The van der Waals surface area contributed by atoms with Crippen LogP contribution in [0.3, 0.4) is 0 Å². The second-order valence-corrected chi connectivity index (χ2v) is 6.35. The molecule has 0 spiro atoms. The van der Waals surface area contributed by atoms with Gasteiger partial charge in [-0.05, 0) is 37.0 Å². The fourth-order valence-electron chi connectivity index (χ4n) is 3.96. The van der Waals surface area contributed by atoms with Crippen LogP contribution in [0.5, 0.6) is 0 Å². The third-order valence-electron chi connectivity index (χ3n) is 5.12. The lowest BCUT2D eigenvalue weighted by Gasteiger charge is -2.31. The van der Waals surface area contributed by atoms with E-state index in [4.69, 9.17) is 10.8 Å². The summed E-state index contributed by atoms with van der Waals surface area (Å²) in [6, 6.07) is 0. The average molecular weight is 283 g/mol. The smallest absolute Gasteiger partial charge is 0.323 e. The first-order valence-electron chi connectivity index (χ1n) is 8.14. The minimum atomic E-state index is -1.06. The van der Waals surface area contributed by atoms with Crippen molar-refractivity contribution in [1.82, 2.24) is 0 Å². The summed E-state index contributed by atoms with van der Waals surface area (Å²) in [5, 5.41) is 18.5. The maximum atomic E-state index is 11.7. The zero-order valence-corrected chi connectivity index (χ0v) is 13.0. The Morgan fingerprint density at radius 2 is 2.05 bits per heavy atom. The van der Waals surface area contributed by atoms with Crippen LogP contribution in [0, 0.1) is 17.8 Å². The van der Waals surface area contributed by atoms with Crippen molar-refractivity contribution in [3.05, 3.63) is 0 Å². The van der Waals surface area contributed by atoms with Crippen molar-refractivity contribution in [1.29, 1.82) is 0 Å². The quantitative estimate of drug-likeness (QED) is 0.447. The van der Waals surface area contributed by atoms with Crippen molar-refractivity contribution in [3.8, 4) is 0 Å². The van der Waals surface area contributed by atoms with Crippen molar-refractivity contribution >= 4 is 13.5 Å². The highest BCUT2D eigenvalue weighted by molar-refractivity contribution is 6.25. The summed E-state index contributed by atoms with van der Waals surface area (Å²) in [7, 11) is 0.175. The molecule has 1 fully saturated rings. The van der Waals surface area contributed by atoms with Gasteiger partial charge in [0.15, 0.2) is 0 Å². The minimum absolute atomic E-state index is 0.0584. The summed E-state index contributed by atoms with van der Waals surface area (Å²) >= 11 is 0. The van der Waals surface area contributed by atoms with E-state index in [0.717, 1.165) is 44.8 Å². The fraction of sp³-hybridized carbons (Fsp3) is 0.933. The molecule has 4 unspecified atom stereocenters. The Morgan fingerprint density at radius 1 is 1.35 bits per heavy atom. The summed E-state index contributed by atoms with van der Waals surface area (Å²) in [6.07, 6.45) is 7.43. The van der Waals surface area contributed by atoms with E-state index in [1.54, 1.807) is 0 Å². The summed E-state index contributed by atoms with van der Waals surface area (Å²) in [6.45, 7) is 4.31. The standard InChI is InChI=1S/C15H30BNO3/c1-3-5-7-12-11(4-2)10-15(17,14(18)19)13(12)8-6-9-16-20/h11-13,16,20H,3-10,17H2,1-2H3,(H,18,19). The lowest BCUT2D eigenvalue weighted by molar-refractivity contribution is -0.145. The maximum absolute atomic E-state index is 11.7. The largest absolute Gasteiger partial charge is 0.480 e. The number of hydrogen-bond donors (Lipinski definition) is 3. The van der Waals surface area contributed by atoms with E-state index in [-0.39, 0.29) is 13.4 Å². The van der Waals surface area contributed by atoms with Crippen molar-refractivity contribution in [3.63, 3.8) is 0 Å². The molecule has 5 heteroatoms. The van der Waals surface area contributed by atoms with E-state index in [1.807, 2.05) is 0 Å². The van der Waals surface area contributed by atoms with E-state index < -0.39 is 11.5 Å². The summed E-state index contributed by atoms with van der Waals surface area (Å²) in [4.78, 5) is 11.7. The molecule has 116 valence electrons. The Balaban J connectivity index is 2.86. The van der Waals surface area contributed by atoms with Crippen LogP contribution >= 0.6 is 0 Å². The molecule has 0 bridgehead atoms. The van der Waals surface area contributed by atoms with E-state index >= 15 is 0 Å². The van der Waals surface area contributed by atoms with Crippen molar-refractivity contribution < 1.29 is 14.9 Å². The zero-order valence-electron chi connectivity index (χ0n) is 13.0. The van der Waals surface area contributed by atoms with Crippen molar-refractivity contribution in [2.24, 2.45) is 23.5 Å². The first-order chi connectivity index (χ1) is 9.51. The topological polar surface area (TPSA) is 83.6 Å². The molecule has 1 aliphatic carbocycles. The molecule has 0 aromatic rings. The summed E-state index contributed by atoms with van der Waals surface area (Å²) in [5.41, 5.74) is 5.23. The molecule has 0 heterocycles. The lowest BCUT2D eigenvalue weighted by Crippen LogP contribution is -2.52. The van der Waals surface area contributed by atoms with Gasteiger partial charge in [0.25, 0.3) is 7.48 Å². The van der Waals surface area contributed by atoms with Crippen molar-refractivity contribution in [2.45, 2.75) is 70.7 Å². The predicted octanol–water partition coefficient (Wildman–Crippen LogP) is 2.16. The summed E-state index contributed by atoms with van der Waals surface area (Å²) < 4.78 is 0. The predicted molar refractivity (Wildman–Crippen MR) is 82.9 cm³/mol. The van der Waals surface area contributed by atoms with Crippen LogP contribution in [-0.4, -0.2) is 29.1 Å². The molecule has 0 aromatic carbocycles. The van der Waals surface area contributed by atoms with Gasteiger partial charge in [-0.1, -0.05) is 45.9 Å². The van der Waals surface area contributed by atoms with Crippen LogP contribution < -0.4 is 5.73 Å². The van der Waals surface area contributed by atoms with Gasteiger partial charge in [-0.25, -0.2) is 0 Å². The van der Waals surface area contributed by atoms with Gasteiger partial charge in [-0.3, -0.25) is 4.79 Å². The second-order valence-electron chi connectivity index (χ2n) is 6.35. The molecule has 4 atom stereocenters. The Morgan fingerprint density at radius 3 is 2.55 bits per heavy atom. The molecular weight excluding hydrogens is 253 g/mol. The number of nitrogens with two attached hydrogens (primary N) is 1. The van der Waals surface area contributed by atoms with E-state index in [2.05, 4.69) is 13.8 Å². The minimum Gasteiger partial charge on any atom is -0.480 e. The van der Waals surface area contributed by atoms with Gasteiger partial charge in [0.1, 0.15) is 5.54 Å². The van der Waals surface area contributed by atoms with Gasteiger partial charge in [0, 0.05) is 0 Å². The van der Waals surface area contributed by atoms with Gasteiger partial charge in [0.2, 0.25) is 0 Å². The first-order valence-corrected chi connectivity index (χ1v) is 8.14. The normalized spacial score (nSPS) is 33.3. The van der Waals surface area contributed by atoms with E-state index in [0.29, 0.717) is 18.3 Å². The van der Waals surface area contributed by atoms with Crippen molar-refractivity contribution in [2.75, 3.05) is 0 Å². The van der Waals surface area contributed by atoms with Crippen LogP contribution in [-0.2, 0) is 4.79 Å². The number of aliphatic carboxylic acids is 1. The molecule has 4 nitrogen and oxygen atoms in total. The van der Waals surface area contributed by atoms with Crippen LogP contribution in [0.4, 0.5) is 0 Å². The van der Waals surface area contributed by atoms with Crippen LogP contribution in [0.15, 0.2) is 0 Å². The molecule has 4 N–H and O–H groups in total. The highest BCUT2D eigenvalue weighted by atomic mass is 16.4.